The van der Waals surface area contributed by atoms with Crippen LogP contribution in [-0.4, -0.2) is 29.6 Å². The summed E-state index contributed by atoms with van der Waals surface area (Å²) in [6.07, 6.45) is 0. The quantitative estimate of drug-likeness (QED) is 0.322. The molecule has 0 N–H and O–H groups in total. The van der Waals surface area contributed by atoms with E-state index in [4.69, 9.17) is 12.6 Å². The van der Waals surface area contributed by atoms with E-state index in [-0.39, 0.29) is 56.6 Å². The third-order valence-electron chi connectivity index (χ3n) is 5.22. The summed E-state index contributed by atoms with van der Waals surface area (Å²) in [6, 6.07) is 0. The molecule has 0 atom stereocenters. The van der Waals surface area contributed by atoms with Crippen molar-refractivity contribution in [3.63, 3.8) is 0 Å². The van der Waals surface area contributed by atoms with Gasteiger partial charge >= 0.3 is 0 Å². The fourth-order valence-corrected chi connectivity index (χ4v) is 5.34. The second-order valence-corrected chi connectivity index (χ2v) is 13.9. The standard InChI is InChI=1S/C26H46S.Na/c1-22(2,3)16-17(23(4,5)6)19(25(10,11)12)21(27)20(26(13,14)15)18(16)24(7,8)9;/h27H,1-15H3;. The van der Waals surface area contributed by atoms with Crippen molar-refractivity contribution < 1.29 is 0 Å². The van der Waals surface area contributed by atoms with E-state index in [0.717, 1.165) is 0 Å². The van der Waals surface area contributed by atoms with E-state index in [0.29, 0.717) is 0 Å². The normalized spacial score (nSPS) is 14.1. The molecule has 28 heavy (non-hydrogen) atoms. The van der Waals surface area contributed by atoms with Crippen LogP contribution in [0.2, 0.25) is 0 Å². The molecule has 0 aliphatic rings. The molecule has 0 aromatic heterocycles. The molecular formula is C26H46NaS. The van der Waals surface area contributed by atoms with Gasteiger partial charge in [0, 0.05) is 34.5 Å². The van der Waals surface area contributed by atoms with Crippen LogP contribution >= 0.6 is 12.6 Å². The van der Waals surface area contributed by atoms with E-state index in [1.165, 1.54) is 32.7 Å². The molecule has 0 heterocycles. The molecule has 0 saturated carbocycles. The van der Waals surface area contributed by atoms with Gasteiger partial charge in [0.15, 0.2) is 0 Å². The van der Waals surface area contributed by atoms with Crippen LogP contribution in [0.5, 0.6) is 0 Å². The van der Waals surface area contributed by atoms with Crippen LogP contribution in [0.1, 0.15) is 132 Å². The maximum Gasteiger partial charge on any atom is 0.0121 e. The molecule has 0 nitrogen and oxygen atoms in total. The van der Waals surface area contributed by atoms with Crippen molar-refractivity contribution in [3.05, 3.63) is 27.8 Å². The van der Waals surface area contributed by atoms with Gasteiger partial charge in [-0.1, -0.05) is 104 Å². The van der Waals surface area contributed by atoms with Crippen molar-refractivity contribution in [2.45, 2.75) is 136 Å². The van der Waals surface area contributed by atoms with E-state index < -0.39 is 0 Å². The topological polar surface area (TPSA) is 0 Å². The minimum atomic E-state index is 0. The van der Waals surface area contributed by atoms with E-state index in [9.17, 15) is 0 Å². The zero-order valence-electron chi connectivity index (χ0n) is 21.9. The summed E-state index contributed by atoms with van der Waals surface area (Å²) in [5, 5.41) is 0. The predicted octanol–water partition coefficient (Wildman–Crippen LogP) is 8.08. The molecule has 0 saturated heterocycles. The van der Waals surface area contributed by atoms with Crippen LogP contribution in [0, 0.1) is 0 Å². The molecule has 0 spiro atoms. The van der Waals surface area contributed by atoms with Gasteiger partial charge < -0.3 is 0 Å². The summed E-state index contributed by atoms with van der Waals surface area (Å²) in [4.78, 5) is 1.21. The molecular weight excluding hydrogens is 367 g/mol. The van der Waals surface area contributed by atoms with Gasteiger partial charge in [0.1, 0.15) is 0 Å². The van der Waals surface area contributed by atoms with E-state index in [1.807, 2.05) is 0 Å². The second kappa shape index (κ2) is 8.25. The molecule has 157 valence electrons. The van der Waals surface area contributed by atoms with Gasteiger partial charge in [-0.05, 0) is 54.9 Å². The summed E-state index contributed by atoms with van der Waals surface area (Å²) in [5.74, 6) is 0. The molecule has 0 bridgehead atoms. The molecule has 1 radical (unpaired) electrons. The minimum Gasteiger partial charge on any atom is -0.143 e. The van der Waals surface area contributed by atoms with E-state index >= 15 is 0 Å². The number of thiol groups is 1. The first kappa shape index (κ1) is 28.6. The van der Waals surface area contributed by atoms with Gasteiger partial charge in [-0.3, -0.25) is 0 Å². The SMILES string of the molecule is CC(C)(C)c1c(S)c(C(C)(C)C)c(C(C)(C)C)c(C(C)(C)C)c1C(C)(C)C.[Na]. The zero-order chi connectivity index (χ0) is 22.0. The van der Waals surface area contributed by atoms with Crippen LogP contribution in [-0.2, 0) is 27.1 Å². The van der Waals surface area contributed by atoms with Gasteiger partial charge in [0.05, 0.1) is 0 Å². The first-order chi connectivity index (χ1) is 11.5. The molecule has 1 aromatic carbocycles. The second-order valence-electron chi connectivity index (χ2n) is 13.5. The van der Waals surface area contributed by atoms with E-state index in [2.05, 4.69) is 104 Å². The van der Waals surface area contributed by atoms with Crippen LogP contribution in [0.15, 0.2) is 4.90 Å². The fraction of sp³-hybridized carbons (Fsp3) is 0.769. The summed E-state index contributed by atoms with van der Waals surface area (Å²) in [6.45, 7) is 35.4. The van der Waals surface area contributed by atoms with Crippen molar-refractivity contribution in [2.24, 2.45) is 0 Å². The van der Waals surface area contributed by atoms with Crippen LogP contribution in [0.3, 0.4) is 0 Å². The predicted molar refractivity (Wildman–Crippen MR) is 133 cm³/mol. The van der Waals surface area contributed by atoms with Gasteiger partial charge in [0.25, 0.3) is 0 Å². The van der Waals surface area contributed by atoms with Crippen molar-refractivity contribution in [3.8, 4) is 0 Å². The Morgan fingerprint density at radius 3 is 0.643 bits per heavy atom. The van der Waals surface area contributed by atoms with Gasteiger partial charge in [-0.25, -0.2) is 0 Å². The molecule has 0 amide bonds. The van der Waals surface area contributed by atoms with Crippen molar-refractivity contribution >= 4 is 42.2 Å². The van der Waals surface area contributed by atoms with Crippen LogP contribution < -0.4 is 0 Å². The van der Waals surface area contributed by atoms with Gasteiger partial charge in [0.2, 0.25) is 0 Å². The minimum absolute atomic E-state index is 0. The third kappa shape index (κ3) is 5.83. The average molecular weight is 414 g/mol. The molecule has 0 aliphatic carbocycles. The molecule has 0 fully saturated rings. The van der Waals surface area contributed by atoms with Gasteiger partial charge in [-0.2, -0.15) is 0 Å². The summed E-state index contributed by atoms with van der Waals surface area (Å²) < 4.78 is 0. The average Bonchev–Trinajstić information content (AvgIpc) is 2.29. The zero-order valence-corrected chi connectivity index (χ0v) is 24.8. The van der Waals surface area contributed by atoms with Gasteiger partial charge in [-0.15, -0.1) is 12.6 Å². The van der Waals surface area contributed by atoms with Crippen LogP contribution in [0.4, 0.5) is 0 Å². The Labute approximate surface area is 204 Å². The van der Waals surface area contributed by atoms with Crippen LogP contribution in [0.25, 0.3) is 0 Å². The molecule has 0 aliphatic heterocycles. The van der Waals surface area contributed by atoms with Crippen molar-refractivity contribution in [1.82, 2.24) is 0 Å². The number of hydrogen-bond donors (Lipinski definition) is 1. The summed E-state index contributed by atoms with van der Waals surface area (Å²) >= 11 is 5.24. The monoisotopic (exact) mass is 413 g/mol. The summed E-state index contributed by atoms with van der Waals surface area (Å²) in [5.41, 5.74) is 7.66. The molecule has 2 heteroatoms. The van der Waals surface area contributed by atoms with E-state index in [1.54, 1.807) is 0 Å². The Kier molecular flexibility index (Phi) is 8.42. The largest absolute Gasteiger partial charge is 0.143 e. The maximum atomic E-state index is 5.24. The van der Waals surface area contributed by atoms with Crippen molar-refractivity contribution in [2.75, 3.05) is 0 Å². The number of rotatable bonds is 0. The third-order valence-corrected chi connectivity index (χ3v) is 5.67. The van der Waals surface area contributed by atoms with Crippen molar-refractivity contribution in [1.29, 1.82) is 0 Å². The Bertz CT molecular complexity index is 653. The summed E-state index contributed by atoms with van der Waals surface area (Å²) in [7, 11) is 0. The Balaban J connectivity index is 0.00000729. The fourth-order valence-electron chi connectivity index (χ4n) is 4.45. The Hall–Kier alpha value is 0.570. The number of hydrogen-bond acceptors (Lipinski definition) is 1. The molecule has 0 unspecified atom stereocenters. The smallest absolute Gasteiger partial charge is 0.0121 e. The maximum absolute atomic E-state index is 5.24. The number of benzene rings is 1. The first-order valence-corrected chi connectivity index (χ1v) is 10.9. The first-order valence-electron chi connectivity index (χ1n) is 10.5. The Morgan fingerprint density at radius 1 is 0.357 bits per heavy atom. The molecule has 1 rings (SSSR count). The Morgan fingerprint density at radius 2 is 0.500 bits per heavy atom. The molecule has 1 aromatic rings.